The lowest BCUT2D eigenvalue weighted by Gasteiger charge is -2.24. The molecule has 1 aliphatic heterocycles. The van der Waals surface area contributed by atoms with Crippen LogP contribution < -0.4 is 11.0 Å². The molecule has 1 fully saturated rings. The van der Waals surface area contributed by atoms with E-state index < -0.39 is 0 Å². The highest BCUT2D eigenvalue weighted by Crippen LogP contribution is 2.17. The molecular weight excluding hydrogens is 304 g/mol. The van der Waals surface area contributed by atoms with Crippen molar-refractivity contribution in [3.05, 3.63) is 34.7 Å². The number of amides is 1. The summed E-state index contributed by atoms with van der Waals surface area (Å²) >= 11 is 0. The minimum Gasteiger partial charge on any atom is -0.337 e. The van der Waals surface area contributed by atoms with Crippen LogP contribution in [0.1, 0.15) is 12.8 Å². The fourth-order valence-electron chi connectivity index (χ4n) is 3.10. The Balaban J connectivity index is 0.00000176. The SMILES string of the molecule is CNCC1CCCN1C(=O)Cn1c(=O)[nH]c2ccccc21.Cl. The van der Waals surface area contributed by atoms with Gasteiger partial charge in [0.05, 0.1) is 11.0 Å². The van der Waals surface area contributed by atoms with Gasteiger partial charge in [-0.1, -0.05) is 12.1 Å². The number of benzene rings is 1. The average Bonchev–Trinajstić information content (AvgIpc) is 3.05. The Morgan fingerprint density at radius 1 is 1.41 bits per heavy atom. The summed E-state index contributed by atoms with van der Waals surface area (Å²) in [5.41, 5.74) is 1.32. The maximum atomic E-state index is 12.5. The number of nitrogens with zero attached hydrogens (tertiary/aromatic N) is 2. The van der Waals surface area contributed by atoms with Gasteiger partial charge in [-0.05, 0) is 32.0 Å². The first-order valence-corrected chi connectivity index (χ1v) is 7.32. The Morgan fingerprint density at radius 2 is 2.18 bits per heavy atom. The van der Waals surface area contributed by atoms with Crippen LogP contribution in [0.3, 0.4) is 0 Å². The molecule has 0 spiro atoms. The van der Waals surface area contributed by atoms with Gasteiger partial charge >= 0.3 is 5.69 Å². The van der Waals surface area contributed by atoms with Gasteiger partial charge in [0, 0.05) is 19.1 Å². The summed E-state index contributed by atoms with van der Waals surface area (Å²) < 4.78 is 1.52. The van der Waals surface area contributed by atoms with Crippen molar-refractivity contribution in [2.24, 2.45) is 0 Å². The Hall–Kier alpha value is -1.79. The number of likely N-dealkylation sites (N-methyl/N-ethyl adjacent to an activating group) is 1. The van der Waals surface area contributed by atoms with E-state index >= 15 is 0 Å². The Kier molecular flexibility index (Phi) is 5.26. The number of aromatic amines is 1. The van der Waals surface area contributed by atoms with E-state index in [-0.39, 0.29) is 36.6 Å². The fourth-order valence-corrected chi connectivity index (χ4v) is 3.10. The number of carbonyl (C=O) groups excluding carboxylic acids is 1. The summed E-state index contributed by atoms with van der Waals surface area (Å²) in [5.74, 6) is 0.0135. The highest BCUT2D eigenvalue weighted by Gasteiger charge is 2.28. The molecular formula is C15H21ClN4O2. The summed E-state index contributed by atoms with van der Waals surface area (Å²) in [6, 6.07) is 7.68. The smallest absolute Gasteiger partial charge is 0.326 e. The number of fused-ring (bicyclic) bond motifs is 1. The third-order valence-electron chi connectivity index (χ3n) is 4.11. The van der Waals surface area contributed by atoms with Crippen molar-refractivity contribution in [2.45, 2.75) is 25.4 Å². The number of aromatic nitrogens is 2. The first-order valence-electron chi connectivity index (χ1n) is 7.32. The number of hydrogen-bond acceptors (Lipinski definition) is 3. The van der Waals surface area contributed by atoms with Crippen molar-refractivity contribution >= 4 is 29.3 Å². The molecule has 1 unspecified atom stereocenters. The van der Waals surface area contributed by atoms with Gasteiger partial charge in [-0.2, -0.15) is 0 Å². The highest BCUT2D eigenvalue weighted by atomic mass is 35.5. The predicted octanol–water partition coefficient (Wildman–Crippen LogP) is 0.962. The normalized spacial score (nSPS) is 17.7. The molecule has 1 aliphatic rings. The molecule has 7 heteroatoms. The minimum atomic E-state index is -0.228. The van der Waals surface area contributed by atoms with Gasteiger partial charge in [0.2, 0.25) is 5.91 Å². The van der Waals surface area contributed by atoms with Crippen LogP contribution in [0.4, 0.5) is 0 Å². The third kappa shape index (κ3) is 3.03. The fraction of sp³-hybridized carbons (Fsp3) is 0.467. The number of hydrogen-bond donors (Lipinski definition) is 2. The minimum absolute atomic E-state index is 0. The zero-order valence-corrected chi connectivity index (χ0v) is 13.4. The average molecular weight is 325 g/mol. The van der Waals surface area contributed by atoms with E-state index in [0.717, 1.165) is 37.0 Å². The van der Waals surface area contributed by atoms with Crippen molar-refractivity contribution in [1.82, 2.24) is 19.8 Å². The van der Waals surface area contributed by atoms with Crippen molar-refractivity contribution in [3.8, 4) is 0 Å². The molecule has 2 aromatic rings. The third-order valence-corrected chi connectivity index (χ3v) is 4.11. The molecule has 6 nitrogen and oxygen atoms in total. The topological polar surface area (TPSA) is 70.1 Å². The number of para-hydroxylation sites is 2. The Labute approximate surface area is 134 Å². The van der Waals surface area contributed by atoms with E-state index in [9.17, 15) is 9.59 Å². The molecule has 0 saturated carbocycles. The second kappa shape index (κ2) is 6.98. The number of nitrogens with one attached hydrogen (secondary N) is 2. The van der Waals surface area contributed by atoms with Gasteiger partial charge in [-0.25, -0.2) is 4.79 Å². The van der Waals surface area contributed by atoms with Crippen LogP contribution in [0.5, 0.6) is 0 Å². The van der Waals surface area contributed by atoms with Gasteiger partial charge in [0.1, 0.15) is 6.54 Å². The van der Waals surface area contributed by atoms with Gasteiger partial charge in [-0.3, -0.25) is 9.36 Å². The quantitative estimate of drug-likeness (QED) is 0.880. The molecule has 1 aromatic heterocycles. The number of H-pyrrole nitrogens is 1. The van der Waals surface area contributed by atoms with Crippen LogP contribution in [0.15, 0.2) is 29.1 Å². The number of halogens is 1. The second-order valence-electron chi connectivity index (χ2n) is 5.47. The van der Waals surface area contributed by atoms with Gasteiger partial charge in [0.15, 0.2) is 0 Å². The lowest BCUT2D eigenvalue weighted by Crippen LogP contribution is -2.43. The lowest BCUT2D eigenvalue weighted by atomic mass is 10.2. The van der Waals surface area contributed by atoms with Crippen LogP contribution in [0.2, 0.25) is 0 Å². The first-order chi connectivity index (χ1) is 10.2. The summed E-state index contributed by atoms with van der Waals surface area (Å²) in [5, 5.41) is 3.13. The summed E-state index contributed by atoms with van der Waals surface area (Å²) in [6.07, 6.45) is 2.05. The molecule has 1 amide bonds. The zero-order valence-electron chi connectivity index (χ0n) is 12.5. The summed E-state index contributed by atoms with van der Waals surface area (Å²) in [4.78, 5) is 29.2. The number of likely N-dealkylation sites (tertiary alicyclic amines) is 1. The monoisotopic (exact) mass is 324 g/mol. The van der Waals surface area contributed by atoms with E-state index in [1.165, 1.54) is 4.57 Å². The number of carbonyl (C=O) groups is 1. The van der Waals surface area contributed by atoms with Gasteiger partial charge in [-0.15, -0.1) is 12.4 Å². The largest absolute Gasteiger partial charge is 0.337 e. The molecule has 3 rings (SSSR count). The molecule has 0 radical (unpaired) electrons. The van der Waals surface area contributed by atoms with E-state index in [1.54, 1.807) is 0 Å². The van der Waals surface area contributed by atoms with E-state index in [1.807, 2.05) is 36.2 Å². The molecule has 0 aliphatic carbocycles. The Morgan fingerprint density at radius 3 is 2.95 bits per heavy atom. The van der Waals surface area contributed by atoms with Crippen molar-refractivity contribution in [1.29, 1.82) is 0 Å². The molecule has 2 heterocycles. The lowest BCUT2D eigenvalue weighted by molar-refractivity contribution is -0.132. The first kappa shape index (κ1) is 16.6. The molecule has 1 atom stereocenters. The van der Waals surface area contributed by atoms with E-state index in [0.29, 0.717) is 0 Å². The predicted molar refractivity (Wildman–Crippen MR) is 88.5 cm³/mol. The van der Waals surface area contributed by atoms with Crippen molar-refractivity contribution in [2.75, 3.05) is 20.1 Å². The van der Waals surface area contributed by atoms with Crippen LogP contribution in [-0.4, -0.2) is 46.5 Å². The molecule has 120 valence electrons. The van der Waals surface area contributed by atoms with Crippen LogP contribution in [-0.2, 0) is 11.3 Å². The molecule has 1 aromatic carbocycles. The summed E-state index contributed by atoms with van der Waals surface area (Å²) in [7, 11) is 1.89. The van der Waals surface area contributed by atoms with Crippen molar-refractivity contribution in [3.63, 3.8) is 0 Å². The summed E-state index contributed by atoms with van der Waals surface area (Å²) in [6.45, 7) is 1.68. The molecule has 2 N–H and O–H groups in total. The second-order valence-corrected chi connectivity index (χ2v) is 5.47. The van der Waals surface area contributed by atoms with E-state index in [4.69, 9.17) is 0 Å². The van der Waals surface area contributed by atoms with Gasteiger partial charge in [0.25, 0.3) is 0 Å². The maximum Gasteiger partial charge on any atom is 0.326 e. The molecule has 0 bridgehead atoms. The van der Waals surface area contributed by atoms with Crippen LogP contribution >= 0.6 is 12.4 Å². The number of imidazole rings is 1. The Bertz CT molecular complexity index is 709. The van der Waals surface area contributed by atoms with Crippen LogP contribution in [0.25, 0.3) is 11.0 Å². The molecule has 1 saturated heterocycles. The maximum absolute atomic E-state index is 12.5. The standard InChI is InChI=1S/C15H20N4O2.ClH/c1-16-9-11-5-4-8-18(11)14(20)10-19-13-7-3-2-6-12(13)17-15(19)21;/h2-3,6-7,11,16H,4-5,8-10H2,1H3,(H,17,21);1H. The van der Waals surface area contributed by atoms with E-state index in [2.05, 4.69) is 10.3 Å². The van der Waals surface area contributed by atoms with Gasteiger partial charge < -0.3 is 15.2 Å². The molecule has 22 heavy (non-hydrogen) atoms. The zero-order chi connectivity index (χ0) is 14.8. The number of rotatable bonds is 4. The highest BCUT2D eigenvalue weighted by molar-refractivity contribution is 5.85. The van der Waals surface area contributed by atoms with Crippen molar-refractivity contribution < 1.29 is 4.79 Å². The van der Waals surface area contributed by atoms with Crippen LogP contribution in [0, 0.1) is 0 Å².